The van der Waals surface area contributed by atoms with E-state index in [9.17, 15) is 9.59 Å². The number of aryl methyl sites for hydroxylation is 1. The molecule has 0 N–H and O–H groups in total. The van der Waals surface area contributed by atoms with Crippen LogP contribution in [-0.4, -0.2) is 26.9 Å². The molecule has 7 heteroatoms. The Morgan fingerprint density at radius 3 is 2.90 bits per heavy atom. The molecule has 146 valence electrons. The Balaban J connectivity index is 1.50. The highest BCUT2D eigenvalue weighted by atomic mass is 32.1. The van der Waals surface area contributed by atoms with Crippen LogP contribution < -0.4 is 5.56 Å². The third-order valence-electron chi connectivity index (χ3n) is 5.46. The molecule has 1 aromatic carbocycles. The van der Waals surface area contributed by atoms with Crippen molar-refractivity contribution in [3.05, 3.63) is 84.7 Å². The summed E-state index contributed by atoms with van der Waals surface area (Å²) in [4.78, 5) is 35.1. The van der Waals surface area contributed by atoms with Crippen molar-refractivity contribution in [3.63, 3.8) is 0 Å². The number of aromatic nitrogens is 2. The Bertz CT molecular complexity index is 1260. The number of fused-ring (bicyclic) bond motifs is 2. The molecule has 4 aromatic rings. The van der Waals surface area contributed by atoms with Gasteiger partial charge in [0.2, 0.25) is 5.91 Å². The summed E-state index contributed by atoms with van der Waals surface area (Å²) in [6.45, 7) is 2.59. The van der Waals surface area contributed by atoms with Crippen LogP contribution in [0.1, 0.15) is 26.9 Å². The third kappa shape index (κ3) is 3.10. The summed E-state index contributed by atoms with van der Waals surface area (Å²) in [5.74, 6) is -0.0591. The molecule has 0 bridgehead atoms. The maximum absolute atomic E-state index is 13.3. The normalized spacial score (nSPS) is 16.2. The van der Waals surface area contributed by atoms with Crippen molar-refractivity contribution in [2.45, 2.75) is 25.9 Å². The highest BCUT2D eigenvalue weighted by molar-refractivity contribution is 7.10. The summed E-state index contributed by atoms with van der Waals surface area (Å²) in [7, 11) is 0. The summed E-state index contributed by atoms with van der Waals surface area (Å²) in [5, 5.41) is 4.69. The Morgan fingerprint density at radius 1 is 1.17 bits per heavy atom. The van der Waals surface area contributed by atoms with Crippen LogP contribution >= 0.6 is 22.7 Å². The van der Waals surface area contributed by atoms with Gasteiger partial charge in [-0.1, -0.05) is 18.2 Å². The first-order valence-electron chi connectivity index (χ1n) is 9.47. The van der Waals surface area contributed by atoms with E-state index >= 15 is 0 Å². The van der Waals surface area contributed by atoms with Crippen LogP contribution in [0.3, 0.4) is 0 Å². The van der Waals surface area contributed by atoms with Gasteiger partial charge in [-0.15, -0.1) is 22.7 Å². The van der Waals surface area contributed by atoms with Gasteiger partial charge in [-0.05, 0) is 53.4 Å². The van der Waals surface area contributed by atoms with Gasteiger partial charge < -0.3 is 4.90 Å². The number of para-hydroxylation sites is 1. The van der Waals surface area contributed by atoms with Crippen LogP contribution in [0.5, 0.6) is 0 Å². The lowest BCUT2D eigenvalue weighted by Crippen LogP contribution is -2.42. The fourth-order valence-corrected chi connectivity index (χ4v) is 5.78. The lowest BCUT2D eigenvalue weighted by atomic mass is 9.98. The Labute approximate surface area is 175 Å². The predicted octanol–water partition coefficient (Wildman–Crippen LogP) is 4.00. The molecule has 5 nitrogen and oxygen atoms in total. The van der Waals surface area contributed by atoms with Gasteiger partial charge >= 0.3 is 0 Å². The number of hydrogen-bond donors (Lipinski definition) is 0. The zero-order valence-corrected chi connectivity index (χ0v) is 17.5. The zero-order valence-electron chi connectivity index (χ0n) is 15.9. The van der Waals surface area contributed by atoms with Gasteiger partial charge in [-0.3, -0.25) is 14.2 Å². The molecule has 0 radical (unpaired) electrons. The molecule has 1 aliphatic heterocycles. The van der Waals surface area contributed by atoms with E-state index in [1.54, 1.807) is 28.7 Å². The molecule has 1 aliphatic rings. The van der Waals surface area contributed by atoms with Crippen LogP contribution in [-0.2, 0) is 17.8 Å². The van der Waals surface area contributed by atoms with E-state index in [2.05, 4.69) is 22.5 Å². The fraction of sp³-hybridized carbons (Fsp3) is 0.227. The molecule has 0 fully saturated rings. The average Bonchev–Trinajstić information content (AvgIpc) is 3.41. The first kappa shape index (κ1) is 18.3. The second-order valence-electron chi connectivity index (χ2n) is 7.20. The molecule has 0 saturated carbocycles. The molecule has 5 rings (SSSR count). The first-order valence-corrected chi connectivity index (χ1v) is 11.2. The van der Waals surface area contributed by atoms with E-state index in [1.165, 1.54) is 21.3 Å². The van der Waals surface area contributed by atoms with Crippen molar-refractivity contribution < 1.29 is 4.79 Å². The third-order valence-corrected chi connectivity index (χ3v) is 7.38. The standard InChI is InChI=1S/C22H19N3O2S2/c1-14-4-2-5-16-20(14)23-13-24(22(16)27)12-19(26)25-9-7-17-15(8-11-29-17)21(25)18-6-3-10-28-18/h2-6,8,10-11,13,21H,7,9,12H2,1H3/t21-/m1/s1. The van der Waals surface area contributed by atoms with E-state index in [-0.39, 0.29) is 24.1 Å². The summed E-state index contributed by atoms with van der Waals surface area (Å²) in [5.41, 5.74) is 2.68. The largest absolute Gasteiger partial charge is 0.329 e. The average molecular weight is 422 g/mol. The number of nitrogens with zero attached hydrogens (tertiary/aromatic N) is 3. The SMILES string of the molecule is Cc1cccc2c(=O)n(CC(=O)N3CCc4sccc4[C@@H]3c3cccs3)cnc12. The number of thiophene rings is 2. The van der Waals surface area contributed by atoms with Crippen molar-refractivity contribution >= 4 is 39.5 Å². The van der Waals surface area contributed by atoms with E-state index in [0.717, 1.165) is 16.9 Å². The van der Waals surface area contributed by atoms with Gasteiger partial charge in [0.05, 0.1) is 23.3 Å². The van der Waals surface area contributed by atoms with E-state index in [1.807, 2.05) is 35.4 Å². The van der Waals surface area contributed by atoms with Gasteiger partial charge in [0.25, 0.3) is 5.56 Å². The van der Waals surface area contributed by atoms with E-state index in [0.29, 0.717) is 17.4 Å². The number of amides is 1. The smallest absolute Gasteiger partial charge is 0.261 e. The van der Waals surface area contributed by atoms with Crippen LogP contribution in [0.4, 0.5) is 0 Å². The second kappa shape index (κ2) is 7.24. The van der Waals surface area contributed by atoms with Gasteiger partial charge in [-0.2, -0.15) is 0 Å². The Kier molecular flexibility index (Phi) is 4.56. The monoisotopic (exact) mass is 421 g/mol. The van der Waals surface area contributed by atoms with Crippen LogP contribution in [0, 0.1) is 6.92 Å². The minimum atomic E-state index is -0.173. The predicted molar refractivity (Wildman–Crippen MR) is 117 cm³/mol. The second-order valence-corrected chi connectivity index (χ2v) is 9.18. The maximum atomic E-state index is 13.3. The summed E-state index contributed by atoms with van der Waals surface area (Å²) < 4.78 is 1.43. The van der Waals surface area contributed by atoms with Crippen molar-refractivity contribution in [1.82, 2.24) is 14.5 Å². The number of hydrogen-bond acceptors (Lipinski definition) is 5. The minimum absolute atomic E-state index is 0.00292. The Hall–Kier alpha value is -2.77. The van der Waals surface area contributed by atoms with Gasteiger partial charge in [0, 0.05) is 16.3 Å². The molecule has 1 amide bonds. The van der Waals surface area contributed by atoms with Crippen molar-refractivity contribution in [2.24, 2.45) is 0 Å². The van der Waals surface area contributed by atoms with Gasteiger partial charge in [0.1, 0.15) is 6.54 Å². The Morgan fingerprint density at radius 2 is 2.07 bits per heavy atom. The van der Waals surface area contributed by atoms with Crippen LogP contribution in [0.2, 0.25) is 0 Å². The van der Waals surface area contributed by atoms with Gasteiger partial charge in [-0.25, -0.2) is 4.98 Å². The summed E-state index contributed by atoms with van der Waals surface area (Å²) >= 11 is 3.41. The quantitative estimate of drug-likeness (QED) is 0.502. The summed E-state index contributed by atoms with van der Waals surface area (Å²) in [6.07, 6.45) is 2.35. The van der Waals surface area contributed by atoms with Crippen molar-refractivity contribution in [3.8, 4) is 0 Å². The molecular formula is C22H19N3O2S2. The molecule has 0 aliphatic carbocycles. The van der Waals surface area contributed by atoms with Crippen molar-refractivity contribution in [1.29, 1.82) is 0 Å². The molecule has 0 unspecified atom stereocenters. The van der Waals surface area contributed by atoms with Gasteiger partial charge in [0.15, 0.2) is 0 Å². The lowest BCUT2D eigenvalue weighted by molar-refractivity contribution is -0.133. The molecule has 3 aromatic heterocycles. The molecule has 0 spiro atoms. The minimum Gasteiger partial charge on any atom is -0.329 e. The van der Waals surface area contributed by atoms with Crippen LogP contribution in [0.25, 0.3) is 10.9 Å². The molecule has 1 atom stereocenters. The van der Waals surface area contributed by atoms with Crippen LogP contribution in [0.15, 0.2) is 58.3 Å². The number of carbonyl (C=O) groups is 1. The maximum Gasteiger partial charge on any atom is 0.261 e. The molecular weight excluding hydrogens is 402 g/mol. The topological polar surface area (TPSA) is 55.2 Å². The highest BCUT2D eigenvalue weighted by Gasteiger charge is 2.33. The zero-order chi connectivity index (χ0) is 20.0. The number of carbonyl (C=O) groups excluding carboxylic acids is 1. The number of rotatable bonds is 3. The van der Waals surface area contributed by atoms with E-state index in [4.69, 9.17) is 0 Å². The molecule has 4 heterocycles. The van der Waals surface area contributed by atoms with E-state index < -0.39 is 0 Å². The fourth-order valence-electron chi connectivity index (χ4n) is 4.03. The van der Waals surface area contributed by atoms with Crippen molar-refractivity contribution in [2.75, 3.05) is 6.54 Å². The summed E-state index contributed by atoms with van der Waals surface area (Å²) in [6, 6.07) is 11.7. The molecule has 0 saturated heterocycles. The number of benzene rings is 1. The molecule has 29 heavy (non-hydrogen) atoms. The highest BCUT2D eigenvalue weighted by Crippen LogP contribution is 2.39. The first-order chi connectivity index (χ1) is 14.1. The lowest BCUT2D eigenvalue weighted by Gasteiger charge is -2.35.